The van der Waals surface area contributed by atoms with Crippen molar-refractivity contribution in [3.63, 3.8) is 0 Å². The summed E-state index contributed by atoms with van der Waals surface area (Å²) in [5.74, 6) is -7.18. The van der Waals surface area contributed by atoms with E-state index in [1.165, 1.54) is 12.1 Å². The number of rotatable bonds is 20. The number of aromatic hydroxyl groups is 1. The smallest absolute Gasteiger partial charge is 0.326 e. The molecule has 0 unspecified atom stereocenters. The van der Waals surface area contributed by atoms with Crippen molar-refractivity contribution in [2.24, 2.45) is 23.3 Å². The van der Waals surface area contributed by atoms with Crippen molar-refractivity contribution < 1.29 is 48.9 Å². The number of nitrogens with one attached hydrogen (secondary N) is 4. The topological polar surface area (TPSA) is 280 Å². The number of carboxylic acids is 2. The van der Waals surface area contributed by atoms with Gasteiger partial charge >= 0.3 is 11.9 Å². The van der Waals surface area contributed by atoms with Crippen molar-refractivity contribution in [3.05, 3.63) is 29.8 Å². The molecule has 0 spiro atoms. The first-order chi connectivity index (χ1) is 21.4. The summed E-state index contributed by atoms with van der Waals surface area (Å²) in [6.45, 7) is 7.01. The number of phenolic OH excluding ortho intramolecular Hbond substituents is 1. The van der Waals surface area contributed by atoms with Gasteiger partial charge in [0.05, 0.1) is 6.04 Å². The summed E-state index contributed by atoms with van der Waals surface area (Å²) in [4.78, 5) is 86.9. The van der Waals surface area contributed by atoms with Crippen LogP contribution in [0.3, 0.4) is 0 Å². The molecule has 16 nitrogen and oxygen atoms in total. The largest absolute Gasteiger partial charge is 0.508 e. The van der Waals surface area contributed by atoms with Gasteiger partial charge in [-0.1, -0.05) is 39.8 Å². The molecule has 0 saturated carbocycles. The maximum absolute atomic E-state index is 13.6. The maximum atomic E-state index is 13.6. The van der Waals surface area contributed by atoms with Gasteiger partial charge in [0.2, 0.25) is 29.5 Å². The highest BCUT2D eigenvalue weighted by molar-refractivity contribution is 5.95. The van der Waals surface area contributed by atoms with Gasteiger partial charge < -0.3 is 48.1 Å². The molecule has 16 heteroatoms. The van der Waals surface area contributed by atoms with Gasteiger partial charge in [-0.2, -0.15) is 0 Å². The van der Waals surface area contributed by atoms with Gasteiger partial charge in [0.1, 0.15) is 29.9 Å². The lowest BCUT2D eigenvalue weighted by molar-refractivity contribution is -0.143. The molecule has 5 atom stereocenters. The Labute approximate surface area is 267 Å². The Balaban J connectivity index is 3.27. The van der Waals surface area contributed by atoms with Gasteiger partial charge in [0.25, 0.3) is 0 Å². The lowest BCUT2D eigenvalue weighted by Gasteiger charge is -2.27. The number of amides is 5. The van der Waals surface area contributed by atoms with E-state index in [1.54, 1.807) is 39.8 Å². The first-order valence-electron chi connectivity index (χ1n) is 14.9. The van der Waals surface area contributed by atoms with Crippen LogP contribution in [0.25, 0.3) is 0 Å². The van der Waals surface area contributed by atoms with Crippen LogP contribution in [0, 0.1) is 11.8 Å². The Morgan fingerprint density at radius 2 is 1.17 bits per heavy atom. The van der Waals surface area contributed by atoms with E-state index < -0.39 is 84.5 Å². The summed E-state index contributed by atoms with van der Waals surface area (Å²) in [5.41, 5.74) is 11.6. The highest BCUT2D eigenvalue weighted by Gasteiger charge is 2.33. The fourth-order valence-corrected chi connectivity index (χ4v) is 4.25. The van der Waals surface area contributed by atoms with E-state index in [0.717, 1.165) is 0 Å². The third-order valence-corrected chi connectivity index (χ3v) is 6.94. The summed E-state index contributed by atoms with van der Waals surface area (Å²) in [6.07, 6.45) is -1.61. The van der Waals surface area contributed by atoms with E-state index in [9.17, 15) is 48.9 Å². The van der Waals surface area contributed by atoms with Crippen LogP contribution in [0.5, 0.6) is 5.75 Å². The Morgan fingerprint density at radius 1 is 0.696 bits per heavy atom. The van der Waals surface area contributed by atoms with Gasteiger partial charge in [-0.25, -0.2) is 4.79 Å². The van der Waals surface area contributed by atoms with Gasteiger partial charge in [0.15, 0.2) is 0 Å². The van der Waals surface area contributed by atoms with E-state index in [0.29, 0.717) is 5.56 Å². The molecule has 0 heterocycles. The van der Waals surface area contributed by atoms with Crippen LogP contribution < -0.4 is 32.7 Å². The van der Waals surface area contributed by atoms with E-state index in [4.69, 9.17) is 11.5 Å². The minimum absolute atomic E-state index is 0.00619. The zero-order valence-electron chi connectivity index (χ0n) is 26.4. The quantitative estimate of drug-likeness (QED) is 0.0835. The monoisotopic (exact) mass is 650 g/mol. The number of carbonyl (C=O) groups is 7. The summed E-state index contributed by atoms with van der Waals surface area (Å²) < 4.78 is 0. The molecule has 0 bridgehead atoms. The third kappa shape index (κ3) is 14.4. The van der Waals surface area contributed by atoms with Crippen molar-refractivity contribution in [2.45, 2.75) is 96.4 Å². The van der Waals surface area contributed by atoms with Crippen molar-refractivity contribution in [1.82, 2.24) is 21.3 Å². The minimum Gasteiger partial charge on any atom is -0.508 e. The molecule has 11 N–H and O–H groups in total. The average molecular weight is 651 g/mol. The number of phenols is 1. The fraction of sp³-hybridized carbons (Fsp3) is 0.567. The SMILES string of the molecule is CC(C)C[C@H](NC(=O)[C@H](Cc1ccc(O)cc1)NC(=O)[C@@H](N)C(C)C)C(=O)N[C@@H](CCC(=O)O)C(=O)N[C@@H](CCC(N)=O)C(=O)O. The third-order valence-electron chi connectivity index (χ3n) is 6.94. The number of primary amides is 1. The van der Waals surface area contributed by atoms with Crippen LogP contribution in [-0.4, -0.2) is 87.0 Å². The van der Waals surface area contributed by atoms with Crippen LogP contribution in [0.2, 0.25) is 0 Å². The Kier molecular flexibility index (Phi) is 16.2. The van der Waals surface area contributed by atoms with Crippen LogP contribution in [-0.2, 0) is 40.0 Å². The van der Waals surface area contributed by atoms with Crippen molar-refractivity contribution >= 4 is 41.5 Å². The number of benzene rings is 1. The molecule has 0 aromatic heterocycles. The predicted molar refractivity (Wildman–Crippen MR) is 165 cm³/mol. The second-order valence-corrected chi connectivity index (χ2v) is 11.8. The summed E-state index contributed by atoms with van der Waals surface area (Å²) in [6, 6.07) is -0.509. The van der Waals surface area contributed by atoms with Gasteiger partial charge in [-0.3, -0.25) is 28.8 Å². The van der Waals surface area contributed by atoms with E-state index >= 15 is 0 Å². The standard InChI is InChI=1S/C30H46N6O10/c1-15(2)13-21(27(42)33-19(10-12-24(39)40)26(41)34-20(30(45)46)9-11-23(31)38)35-28(43)22(36-29(44)25(32)16(3)4)14-17-5-7-18(37)8-6-17/h5-8,15-16,19-22,25,37H,9-14,32H2,1-4H3,(H2,31,38)(H,33,42)(H,34,41)(H,35,43)(H,36,44)(H,39,40)(H,45,46)/t19-,20-,21-,22-,25-/m0/s1. The van der Waals surface area contributed by atoms with Gasteiger partial charge in [-0.15, -0.1) is 0 Å². The molecule has 0 aliphatic carbocycles. The fourth-order valence-electron chi connectivity index (χ4n) is 4.25. The zero-order valence-corrected chi connectivity index (χ0v) is 26.4. The molecule has 1 aromatic rings. The van der Waals surface area contributed by atoms with Gasteiger partial charge in [-0.05, 0) is 48.8 Å². The van der Waals surface area contributed by atoms with E-state index in [1.807, 2.05) is 0 Å². The summed E-state index contributed by atoms with van der Waals surface area (Å²) in [7, 11) is 0. The molecule has 1 rings (SSSR count). The second-order valence-electron chi connectivity index (χ2n) is 11.8. The number of carbonyl (C=O) groups excluding carboxylic acids is 5. The normalized spacial score (nSPS) is 14.3. The molecular weight excluding hydrogens is 604 g/mol. The van der Waals surface area contributed by atoms with Crippen molar-refractivity contribution in [1.29, 1.82) is 0 Å². The number of hydrogen-bond acceptors (Lipinski definition) is 9. The van der Waals surface area contributed by atoms with E-state index in [2.05, 4.69) is 21.3 Å². The Morgan fingerprint density at radius 3 is 1.67 bits per heavy atom. The first-order valence-corrected chi connectivity index (χ1v) is 14.9. The Bertz CT molecular complexity index is 1240. The second kappa shape index (κ2) is 18.9. The highest BCUT2D eigenvalue weighted by Crippen LogP contribution is 2.13. The minimum atomic E-state index is -1.54. The lowest BCUT2D eigenvalue weighted by atomic mass is 9.99. The molecule has 0 radical (unpaired) electrons. The first kappa shape index (κ1) is 39.3. The lowest BCUT2D eigenvalue weighted by Crippen LogP contribution is -2.59. The van der Waals surface area contributed by atoms with Crippen LogP contribution in [0.1, 0.15) is 65.4 Å². The summed E-state index contributed by atoms with van der Waals surface area (Å²) in [5, 5.41) is 38.1. The van der Waals surface area contributed by atoms with Gasteiger partial charge in [0, 0.05) is 19.3 Å². The number of hydrogen-bond donors (Lipinski definition) is 9. The molecule has 0 aliphatic heterocycles. The van der Waals surface area contributed by atoms with Crippen molar-refractivity contribution in [3.8, 4) is 5.75 Å². The van der Waals surface area contributed by atoms with Crippen LogP contribution in [0.4, 0.5) is 0 Å². The molecule has 0 fully saturated rings. The van der Waals surface area contributed by atoms with Crippen LogP contribution >= 0.6 is 0 Å². The molecule has 1 aromatic carbocycles. The molecule has 256 valence electrons. The van der Waals surface area contributed by atoms with E-state index in [-0.39, 0.29) is 43.3 Å². The molecule has 5 amide bonds. The molecule has 0 saturated heterocycles. The maximum Gasteiger partial charge on any atom is 0.326 e. The number of nitrogens with two attached hydrogens (primary N) is 2. The Hall–Kier alpha value is -4.73. The number of aliphatic carboxylic acids is 2. The highest BCUT2D eigenvalue weighted by atomic mass is 16.4. The number of carboxylic acid groups (broad SMARTS) is 2. The van der Waals surface area contributed by atoms with Crippen LogP contribution in [0.15, 0.2) is 24.3 Å². The predicted octanol–water partition coefficient (Wildman–Crippen LogP) is -0.882. The average Bonchev–Trinajstić information content (AvgIpc) is 2.96. The zero-order chi connectivity index (χ0) is 35.1. The molecule has 46 heavy (non-hydrogen) atoms. The molecule has 0 aliphatic rings. The molecular formula is C30H46N6O10. The van der Waals surface area contributed by atoms with Crippen molar-refractivity contribution in [2.75, 3.05) is 0 Å². The summed E-state index contributed by atoms with van der Waals surface area (Å²) >= 11 is 0.